The summed E-state index contributed by atoms with van der Waals surface area (Å²) in [5, 5.41) is 6.91. The number of rotatable bonds is 6. The number of aromatic nitrogens is 2. The summed E-state index contributed by atoms with van der Waals surface area (Å²) in [4.78, 5) is 8.72. The maximum absolute atomic E-state index is 4.38. The van der Waals surface area contributed by atoms with Crippen molar-refractivity contribution in [2.75, 3.05) is 17.2 Å². The third-order valence-electron chi connectivity index (χ3n) is 3.26. The molecule has 4 nitrogen and oxygen atoms in total. The highest BCUT2D eigenvalue weighted by Gasteiger charge is 2.38. The van der Waals surface area contributed by atoms with E-state index in [1.165, 1.54) is 18.4 Å². The van der Waals surface area contributed by atoms with Gasteiger partial charge < -0.3 is 10.6 Å². The summed E-state index contributed by atoms with van der Waals surface area (Å²) in [7, 11) is 0. The second-order valence-corrected chi connectivity index (χ2v) is 5.02. The van der Waals surface area contributed by atoms with E-state index in [2.05, 4.69) is 41.4 Å². The Morgan fingerprint density at radius 2 is 1.94 bits per heavy atom. The Balaban J connectivity index is 2.18. The quantitative estimate of drug-likeness (QED) is 0.794. The zero-order valence-electron chi connectivity index (χ0n) is 11.0. The zero-order valence-corrected chi connectivity index (χ0v) is 11.0. The van der Waals surface area contributed by atoms with Crippen LogP contribution >= 0.6 is 0 Å². The van der Waals surface area contributed by atoms with Crippen molar-refractivity contribution in [1.29, 1.82) is 0 Å². The Kier molecular flexibility index (Phi) is 3.50. The molecule has 0 aliphatic heterocycles. The van der Waals surface area contributed by atoms with Gasteiger partial charge in [-0.15, -0.1) is 0 Å². The minimum absolute atomic E-state index is 0.264. The van der Waals surface area contributed by atoms with E-state index in [0.717, 1.165) is 31.0 Å². The normalized spacial score (nSPS) is 16.6. The molecule has 0 radical (unpaired) electrons. The Morgan fingerprint density at radius 1 is 1.24 bits per heavy atom. The van der Waals surface area contributed by atoms with Crippen LogP contribution < -0.4 is 10.6 Å². The first-order chi connectivity index (χ1) is 8.18. The fourth-order valence-corrected chi connectivity index (χ4v) is 1.85. The molecule has 1 heterocycles. The predicted molar refractivity (Wildman–Crippen MR) is 71.5 cm³/mol. The maximum Gasteiger partial charge on any atom is 0.135 e. The Bertz CT molecular complexity index is 385. The number of anilines is 2. The molecule has 1 fully saturated rings. The minimum Gasteiger partial charge on any atom is -0.370 e. The highest BCUT2D eigenvalue weighted by molar-refractivity contribution is 5.58. The van der Waals surface area contributed by atoms with Crippen molar-refractivity contribution in [2.24, 2.45) is 0 Å². The molecule has 0 saturated heterocycles. The van der Waals surface area contributed by atoms with Crippen LogP contribution in [0.15, 0.2) is 6.33 Å². The first-order valence-corrected chi connectivity index (χ1v) is 6.54. The molecule has 0 aromatic carbocycles. The van der Waals surface area contributed by atoms with Gasteiger partial charge in [-0.25, -0.2) is 9.97 Å². The van der Waals surface area contributed by atoms with E-state index in [1.807, 2.05) is 0 Å². The van der Waals surface area contributed by atoms with Crippen molar-refractivity contribution in [2.45, 2.75) is 52.0 Å². The molecule has 0 spiro atoms. The zero-order chi connectivity index (χ0) is 12.3. The molecule has 17 heavy (non-hydrogen) atoms. The van der Waals surface area contributed by atoms with Crippen molar-refractivity contribution in [1.82, 2.24) is 9.97 Å². The van der Waals surface area contributed by atoms with Crippen LogP contribution in [0.3, 0.4) is 0 Å². The van der Waals surface area contributed by atoms with Gasteiger partial charge in [-0.2, -0.15) is 0 Å². The van der Waals surface area contributed by atoms with Gasteiger partial charge in [-0.05, 0) is 32.6 Å². The van der Waals surface area contributed by atoms with Crippen molar-refractivity contribution in [3.05, 3.63) is 11.9 Å². The molecule has 1 aromatic rings. The van der Waals surface area contributed by atoms with E-state index in [9.17, 15) is 0 Å². The highest BCUT2D eigenvalue weighted by atomic mass is 15.1. The first-order valence-electron chi connectivity index (χ1n) is 6.54. The average molecular weight is 234 g/mol. The number of hydrogen-bond donors (Lipinski definition) is 2. The second kappa shape index (κ2) is 4.90. The van der Waals surface area contributed by atoms with E-state index in [4.69, 9.17) is 0 Å². The van der Waals surface area contributed by atoms with Crippen LogP contribution in [0.4, 0.5) is 11.6 Å². The molecule has 1 aliphatic rings. The molecular formula is C13H22N4. The fraction of sp³-hybridized carbons (Fsp3) is 0.692. The molecule has 1 aliphatic carbocycles. The topological polar surface area (TPSA) is 49.8 Å². The van der Waals surface area contributed by atoms with Gasteiger partial charge in [0.1, 0.15) is 18.0 Å². The Labute approximate surface area is 103 Å². The van der Waals surface area contributed by atoms with Crippen molar-refractivity contribution in [3.8, 4) is 0 Å². The molecule has 2 rings (SSSR count). The lowest BCUT2D eigenvalue weighted by molar-refractivity contribution is 0.812. The summed E-state index contributed by atoms with van der Waals surface area (Å²) in [6.07, 6.45) is 6.17. The summed E-state index contributed by atoms with van der Waals surface area (Å²) in [5.41, 5.74) is 1.47. The number of nitrogens with one attached hydrogen (secondary N) is 2. The molecule has 4 heteroatoms. The van der Waals surface area contributed by atoms with Crippen LogP contribution in [0.25, 0.3) is 0 Å². The lowest BCUT2D eigenvalue weighted by atomic mass is 10.2. The van der Waals surface area contributed by atoms with Crippen LogP contribution in [0, 0.1) is 0 Å². The molecular weight excluding hydrogens is 212 g/mol. The third-order valence-corrected chi connectivity index (χ3v) is 3.26. The molecule has 0 bridgehead atoms. The first kappa shape index (κ1) is 12.1. The van der Waals surface area contributed by atoms with E-state index < -0.39 is 0 Å². The van der Waals surface area contributed by atoms with Crippen LogP contribution in [-0.4, -0.2) is 22.1 Å². The van der Waals surface area contributed by atoms with Gasteiger partial charge >= 0.3 is 0 Å². The Hall–Kier alpha value is -1.32. The van der Waals surface area contributed by atoms with Gasteiger partial charge in [0.15, 0.2) is 0 Å². The fourth-order valence-electron chi connectivity index (χ4n) is 1.85. The predicted octanol–water partition coefficient (Wildman–Crippen LogP) is 2.83. The molecule has 94 valence electrons. The SMILES string of the molecule is CCCNc1ncnc(NC2(C)CC2)c1CC. The van der Waals surface area contributed by atoms with E-state index in [0.29, 0.717) is 0 Å². The molecule has 0 amide bonds. The van der Waals surface area contributed by atoms with Gasteiger partial charge in [0, 0.05) is 17.6 Å². The van der Waals surface area contributed by atoms with Crippen LogP contribution in [0.2, 0.25) is 0 Å². The Morgan fingerprint density at radius 3 is 2.53 bits per heavy atom. The van der Waals surface area contributed by atoms with E-state index >= 15 is 0 Å². The second-order valence-electron chi connectivity index (χ2n) is 5.02. The summed E-state index contributed by atoms with van der Waals surface area (Å²) in [5.74, 6) is 1.98. The number of hydrogen-bond acceptors (Lipinski definition) is 4. The summed E-state index contributed by atoms with van der Waals surface area (Å²) < 4.78 is 0. The standard InChI is InChI=1S/C13H22N4/c1-4-8-14-11-10(5-2)12(16-9-15-11)17-13(3)6-7-13/h9H,4-8H2,1-3H3,(H2,14,15,16,17). The van der Waals surface area contributed by atoms with Gasteiger partial charge in [0.05, 0.1) is 0 Å². The highest BCUT2D eigenvalue weighted by Crippen LogP contribution is 2.38. The van der Waals surface area contributed by atoms with Crippen molar-refractivity contribution < 1.29 is 0 Å². The van der Waals surface area contributed by atoms with Crippen LogP contribution in [0.5, 0.6) is 0 Å². The molecule has 1 aromatic heterocycles. The summed E-state index contributed by atoms with van der Waals surface area (Å²) in [6.45, 7) is 7.51. The monoisotopic (exact) mass is 234 g/mol. The maximum atomic E-state index is 4.38. The van der Waals surface area contributed by atoms with Crippen LogP contribution in [0.1, 0.15) is 45.6 Å². The lowest BCUT2D eigenvalue weighted by Gasteiger charge is -2.17. The van der Waals surface area contributed by atoms with E-state index in [-0.39, 0.29) is 5.54 Å². The van der Waals surface area contributed by atoms with Crippen molar-refractivity contribution >= 4 is 11.6 Å². The van der Waals surface area contributed by atoms with Gasteiger partial charge in [-0.3, -0.25) is 0 Å². The average Bonchev–Trinajstić information content (AvgIpc) is 3.04. The summed E-state index contributed by atoms with van der Waals surface area (Å²) in [6, 6.07) is 0. The van der Waals surface area contributed by atoms with E-state index in [1.54, 1.807) is 6.33 Å². The van der Waals surface area contributed by atoms with Gasteiger partial charge in [0.25, 0.3) is 0 Å². The van der Waals surface area contributed by atoms with Gasteiger partial charge in [0.2, 0.25) is 0 Å². The molecule has 0 unspecified atom stereocenters. The summed E-state index contributed by atoms with van der Waals surface area (Å²) >= 11 is 0. The molecule has 0 atom stereocenters. The third kappa shape index (κ3) is 2.87. The minimum atomic E-state index is 0.264. The largest absolute Gasteiger partial charge is 0.370 e. The number of nitrogens with zero attached hydrogens (tertiary/aromatic N) is 2. The van der Waals surface area contributed by atoms with Crippen molar-refractivity contribution in [3.63, 3.8) is 0 Å². The van der Waals surface area contributed by atoms with Gasteiger partial charge in [-0.1, -0.05) is 13.8 Å². The smallest absolute Gasteiger partial charge is 0.135 e. The lowest BCUT2D eigenvalue weighted by Crippen LogP contribution is -2.19. The molecule has 1 saturated carbocycles. The molecule has 2 N–H and O–H groups in total. The van der Waals surface area contributed by atoms with Crippen LogP contribution in [-0.2, 0) is 6.42 Å².